The summed E-state index contributed by atoms with van der Waals surface area (Å²) in [4.78, 5) is 12.4. The number of amides is 1. The third-order valence-corrected chi connectivity index (χ3v) is 6.45. The SMILES string of the molecule is COc1ccc(-c2cc(-c3nnc(SCC(=O)Nc4ccc(C)cc4)o3)n(Cc3ccccc3)n2)cc1. The van der Waals surface area contributed by atoms with Crippen LogP contribution in [0.2, 0.25) is 0 Å². The second kappa shape index (κ2) is 11.1. The molecule has 0 aliphatic carbocycles. The number of methoxy groups -OCH3 is 1. The van der Waals surface area contributed by atoms with Crippen LogP contribution in [-0.2, 0) is 11.3 Å². The van der Waals surface area contributed by atoms with Crippen molar-refractivity contribution in [2.75, 3.05) is 18.2 Å². The van der Waals surface area contributed by atoms with E-state index in [-0.39, 0.29) is 11.7 Å². The molecule has 0 unspecified atom stereocenters. The number of hydrogen-bond donors (Lipinski definition) is 1. The van der Waals surface area contributed by atoms with Crippen molar-refractivity contribution >= 4 is 23.4 Å². The molecular weight excluding hydrogens is 486 g/mol. The Morgan fingerprint density at radius 3 is 2.49 bits per heavy atom. The predicted octanol–water partition coefficient (Wildman–Crippen LogP) is 5.70. The predicted molar refractivity (Wildman–Crippen MR) is 144 cm³/mol. The Morgan fingerprint density at radius 1 is 1.00 bits per heavy atom. The quantitative estimate of drug-likeness (QED) is 0.254. The third-order valence-electron chi connectivity index (χ3n) is 5.63. The van der Waals surface area contributed by atoms with E-state index in [2.05, 4.69) is 15.5 Å². The molecular formula is C28H25N5O3S. The molecule has 0 fully saturated rings. The molecule has 2 heterocycles. The highest BCUT2D eigenvalue weighted by molar-refractivity contribution is 7.99. The largest absolute Gasteiger partial charge is 0.497 e. The number of ether oxygens (including phenoxy) is 1. The van der Waals surface area contributed by atoms with Crippen molar-refractivity contribution in [1.29, 1.82) is 0 Å². The Kier molecular flexibility index (Phi) is 7.32. The van der Waals surface area contributed by atoms with E-state index in [9.17, 15) is 4.79 Å². The first-order valence-electron chi connectivity index (χ1n) is 11.7. The van der Waals surface area contributed by atoms with E-state index in [1.54, 1.807) is 7.11 Å². The van der Waals surface area contributed by atoms with Gasteiger partial charge in [-0.15, -0.1) is 10.2 Å². The van der Waals surface area contributed by atoms with Gasteiger partial charge < -0.3 is 14.5 Å². The average Bonchev–Trinajstić information content (AvgIpc) is 3.57. The van der Waals surface area contributed by atoms with Crippen LogP contribution in [0.3, 0.4) is 0 Å². The number of anilines is 1. The van der Waals surface area contributed by atoms with Crippen LogP contribution in [0.4, 0.5) is 5.69 Å². The van der Waals surface area contributed by atoms with Gasteiger partial charge in [-0.2, -0.15) is 5.10 Å². The molecule has 186 valence electrons. The van der Waals surface area contributed by atoms with E-state index < -0.39 is 0 Å². The van der Waals surface area contributed by atoms with E-state index >= 15 is 0 Å². The van der Waals surface area contributed by atoms with Crippen LogP contribution < -0.4 is 10.1 Å². The van der Waals surface area contributed by atoms with Gasteiger partial charge in [0.1, 0.15) is 11.4 Å². The summed E-state index contributed by atoms with van der Waals surface area (Å²) in [6.45, 7) is 2.54. The van der Waals surface area contributed by atoms with Crippen molar-refractivity contribution in [1.82, 2.24) is 20.0 Å². The van der Waals surface area contributed by atoms with Gasteiger partial charge in [-0.3, -0.25) is 9.48 Å². The first-order chi connectivity index (χ1) is 18.1. The molecule has 0 aliphatic rings. The molecule has 0 aliphatic heterocycles. The standard InChI is InChI=1S/C28H25N5O3S/c1-19-8-12-22(13-9-19)29-26(34)18-37-28-31-30-27(36-28)25-16-24(21-10-14-23(35-2)15-11-21)32-33(25)17-20-6-4-3-5-7-20/h3-16H,17-18H2,1-2H3,(H,29,34). The molecule has 1 amide bonds. The molecule has 3 aromatic carbocycles. The molecule has 5 aromatic rings. The minimum Gasteiger partial charge on any atom is -0.497 e. The summed E-state index contributed by atoms with van der Waals surface area (Å²) in [6.07, 6.45) is 0. The smallest absolute Gasteiger partial charge is 0.277 e. The topological polar surface area (TPSA) is 95.1 Å². The van der Waals surface area contributed by atoms with Gasteiger partial charge >= 0.3 is 0 Å². The van der Waals surface area contributed by atoms with E-state index in [4.69, 9.17) is 14.3 Å². The minimum absolute atomic E-state index is 0.149. The van der Waals surface area contributed by atoms with Gasteiger partial charge in [0, 0.05) is 11.3 Å². The maximum atomic E-state index is 12.4. The number of hydrogen-bond acceptors (Lipinski definition) is 7. The number of carbonyl (C=O) groups is 1. The van der Waals surface area contributed by atoms with Crippen molar-refractivity contribution in [3.8, 4) is 28.6 Å². The Balaban J connectivity index is 1.34. The maximum absolute atomic E-state index is 12.4. The van der Waals surface area contributed by atoms with E-state index in [1.807, 2.05) is 96.5 Å². The van der Waals surface area contributed by atoms with Crippen LogP contribution in [0, 0.1) is 6.92 Å². The first kappa shape index (κ1) is 24.3. The van der Waals surface area contributed by atoms with Crippen LogP contribution in [0.5, 0.6) is 5.75 Å². The lowest BCUT2D eigenvalue weighted by Crippen LogP contribution is -2.13. The molecule has 0 saturated carbocycles. The number of rotatable bonds is 9. The highest BCUT2D eigenvalue weighted by Gasteiger charge is 2.18. The fraction of sp³-hybridized carbons (Fsp3) is 0.143. The van der Waals surface area contributed by atoms with Gasteiger partial charge in [0.25, 0.3) is 11.1 Å². The normalized spacial score (nSPS) is 10.9. The lowest BCUT2D eigenvalue weighted by molar-refractivity contribution is -0.113. The number of carbonyl (C=O) groups excluding carboxylic acids is 1. The fourth-order valence-corrected chi connectivity index (χ4v) is 4.26. The van der Waals surface area contributed by atoms with Crippen molar-refractivity contribution in [3.05, 3.63) is 96.1 Å². The lowest BCUT2D eigenvalue weighted by atomic mass is 10.1. The zero-order valence-electron chi connectivity index (χ0n) is 20.4. The number of aromatic nitrogens is 4. The van der Waals surface area contributed by atoms with Crippen molar-refractivity contribution in [3.63, 3.8) is 0 Å². The second-order valence-electron chi connectivity index (χ2n) is 8.36. The van der Waals surface area contributed by atoms with Gasteiger partial charge in [-0.05, 0) is 55.0 Å². The van der Waals surface area contributed by atoms with Crippen molar-refractivity contribution < 1.29 is 13.9 Å². The van der Waals surface area contributed by atoms with Crippen LogP contribution in [0.15, 0.2) is 94.6 Å². The number of aryl methyl sites for hydroxylation is 1. The molecule has 8 nitrogen and oxygen atoms in total. The van der Waals surface area contributed by atoms with Crippen LogP contribution in [0.1, 0.15) is 11.1 Å². The second-order valence-corrected chi connectivity index (χ2v) is 9.29. The summed E-state index contributed by atoms with van der Waals surface area (Å²) in [5.41, 5.74) is 5.38. The van der Waals surface area contributed by atoms with E-state index in [0.717, 1.165) is 33.8 Å². The minimum atomic E-state index is -0.149. The summed E-state index contributed by atoms with van der Waals surface area (Å²) >= 11 is 1.19. The molecule has 5 rings (SSSR count). The van der Waals surface area contributed by atoms with E-state index in [1.165, 1.54) is 11.8 Å². The summed E-state index contributed by atoms with van der Waals surface area (Å²) in [7, 11) is 1.64. The van der Waals surface area contributed by atoms with Crippen LogP contribution in [-0.4, -0.2) is 38.7 Å². The monoisotopic (exact) mass is 511 g/mol. The summed E-state index contributed by atoms with van der Waals surface area (Å²) in [5.74, 6) is 1.11. The van der Waals surface area contributed by atoms with Crippen molar-refractivity contribution in [2.24, 2.45) is 0 Å². The highest BCUT2D eigenvalue weighted by atomic mass is 32.2. The Morgan fingerprint density at radius 2 is 1.76 bits per heavy atom. The zero-order chi connectivity index (χ0) is 25.6. The van der Waals surface area contributed by atoms with Gasteiger partial charge in [0.2, 0.25) is 5.91 Å². The lowest BCUT2D eigenvalue weighted by Gasteiger charge is -2.05. The molecule has 9 heteroatoms. The van der Waals surface area contributed by atoms with Gasteiger partial charge in [-0.1, -0.05) is 59.8 Å². The fourth-order valence-electron chi connectivity index (χ4n) is 3.70. The number of thioether (sulfide) groups is 1. The number of benzene rings is 3. The maximum Gasteiger partial charge on any atom is 0.277 e. The molecule has 0 spiro atoms. The Bertz CT molecular complexity index is 1480. The summed E-state index contributed by atoms with van der Waals surface area (Å²) in [6, 6.07) is 27.3. The third kappa shape index (κ3) is 6.07. The molecule has 2 aromatic heterocycles. The van der Waals surface area contributed by atoms with Gasteiger partial charge in [0.05, 0.1) is 25.1 Å². The van der Waals surface area contributed by atoms with E-state index in [0.29, 0.717) is 23.4 Å². The van der Waals surface area contributed by atoms with Gasteiger partial charge in [-0.25, -0.2) is 0 Å². The number of nitrogens with one attached hydrogen (secondary N) is 1. The molecule has 0 bridgehead atoms. The van der Waals surface area contributed by atoms with Crippen LogP contribution >= 0.6 is 11.8 Å². The molecule has 37 heavy (non-hydrogen) atoms. The highest BCUT2D eigenvalue weighted by Crippen LogP contribution is 2.29. The number of nitrogens with zero attached hydrogens (tertiary/aromatic N) is 4. The Labute approximate surface area is 218 Å². The average molecular weight is 512 g/mol. The molecule has 0 atom stereocenters. The molecule has 0 saturated heterocycles. The summed E-state index contributed by atoms with van der Waals surface area (Å²) in [5, 5.41) is 16.4. The zero-order valence-corrected chi connectivity index (χ0v) is 21.2. The molecule has 0 radical (unpaired) electrons. The Hall–Kier alpha value is -4.37. The summed E-state index contributed by atoms with van der Waals surface area (Å²) < 4.78 is 13.1. The van der Waals surface area contributed by atoms with Crippen molar-refractivity contribution in [2.45, 2.75) is 18.7 Å². The van der Waals surface area contributed by atoms with Crippen LogP contribution in [0.25, 0.3) is 22.8 Å². The molecule has 1 N–H and O–H groups in total. The first-order valence-corrected chi connectivity index (χ1v) is 12.7. The van der Waals surface area contributed by atoms with Gasteiger partial charge in [0.15, 0.2) is 0 Å².